The second kappa shape index (κ2) is 7.52. The van der Waals surface area contributed by atoms with Gasteiger partial charge in [0.2, 0.25) is 0 Å². The van der Waals surface area contributed by atoms with Crippen molar-refractivity contribution in [3.63, 3.8) is 0 Å². The lowest BCUT2D eigenvalue weighted by molar-refractivity contribution is 0.0954. The number of hydrogen-bond donors (Lipinski definition) is 2. The van der Waals surface area contributed by atoms with E-state index in [9.17, 15) is 14.7 Å². The molecule has 2 rings (SSSR count). The van der Waals surface area contributed by atoms with Crippen LogP contribution in [0.4, 0.5) is 0 Å². The summed E-state index contributed by atoms with van der Waals surface area (Å²) in [6.45, 7) is 3.01. The van der Waals surface area contributed by atoms with E-state index in [4.69, 9.17) is 13.9 Å². The zero-order valence-electron chi connectivity index (χ0n) is 14.2. The van der Waals surface area contributed by atoms with Gasteiger partial charge in [0.15, 0.2) is 11.5 Å². The summed E-state index contributed by atoms with van der Waals surface area (Å²) < 4.78 is 15.2. The van der Waals surface area contributed by atoms with Crippen LogP contribution in [0.1, 0.15) is 28.6 Å². The molecule has 8 nitrogen and oxygen atoms in total. The predicted octanol–water partition coefficient (Wildman–Crippen LogP) is 1.83. The smallest absolute Gasteiger partial charge is 0.348 e. The third-order valence-electron chi connectivity index (χ3n) is 3.39. The van der Waals surface area contributed by atoms with Gasteiger partial charge in [-0.15, -0.1) is 0 Å². The molecule has 0 aliphatic carbocycles. The topological polar surface area (TPSA) is 110 Å². The second-order valence-electron chi connectivity index (χ2n) is 5.11. The second-order valence-corrected chi connectivity index (χ2v) is 5.11. The van der Waals surface area contributed by atoms with Gasteiger partial charge in [-0.3, -0.25) is 4.79 Å². The quantitative estimate of drug-likeness (QED) is 0.631. The fourth-order valence-corrected chi connectivity index (χ4v) is 2.16. The number of ether oxygens (including phenoxy) is 2. The van der Waals surface area contributed by atoms with Crippen molar-refractivity contribution >= 4 is 11.6 Å². The van der Waals surface area contributed by atoms with Crippen molar-refractivity contribution in [2.75, 3.05) is 14.2 Å². The number of rotatable bonds is 5. The molecule has 2 aromatic rings. The molecule has 2 N–H and O–H groups in total. The number of hydrazone groups is 1. The highest BCUT2D eigenvalue weighted by Gasteiger charge is 2.14. The van der Waals surface area contributed by atoms with E-state index in [2.05, 4.69) is 10.5 Å². The SMILES string of the molecule is COc1ccc(C(=O)N/N=C(/C)c2c(O)cc(C)oc2=O)cc1OC. The third kappa shape index (κ3) is 3.97. The number of hydrogen-bond acceptors (Lipinski definition) is 7. The van der Waals surface area contributed by atoms with Crippen LogP contribution in [0.25, 0.3) is 0 Å². The van der Waals surface area contributed by atoms with Gasteiger partial charge in [-0.1, -0.05) is 0 Å². The molecule has 1 heterocycles. The van der Waals surface area contributed by atoms with Gasteiger partial charge in [-0.2, -0.15) is 5.10 Å². The van der Waals surface area contributed by atoms with Crippen molar-refractivity contribution < 1.29 is 23.8 Å². The highest BCUT2D eigenvalue weighted by atomic mass is 16.5. The fraction of sp³-hybridized carbons (Fsp3) is 0.235. The van der Waals surface area contributed by atoms with E-state index in [1.54, 1.807) is 12.1 Å². The average molecular weight is 346 g/mol. The minimum atomic E-state index is -0.737. The van der Waals surface area contributed by atoms with Crippen molar-refractivity contribution in [3.8, 4) is 17.2 Å². The molecule has 132 valence electrons. The summed E-state index contributed by atoms with van der Waals surface area (Å²) in [5, 5.41) is 13.7. The fourth-order valence-electron chi connectivity index (χ4n) is 2.16. The number of carbonyl (C=O) groups excluding carboxylic acids is 1. The van der Waals surface area contributed by atoms with Crippen LogP contribution in [0.3, 0.4) is 0 Å². The van der Waals surface area contributed by atoms with Crippen LogP contribution in [0.5, 0.6) is 17.2 Å². The summed E-state index contributed by atoms with van der Waals surface area (Å²) in [4.78, 5) is 24.0. The summed E-state index contributed by atoms with van der Waals surface area (Å²) in [6, 6.07) is 5.92. The van der Waals surface area contributed by atoms with Crippen molar-refractivity contribution in [1.82, 2.24) is 5.43 Å². The first kappa shape index (κ1) is 18.1. The van der Waals surface area contributed by atoms with Gasteiger partial charge in [0.05, 0.1) is 19.9 Å². The average Bonchev–Trinajstić information content (AvgIpc) is 2.58. The first-order valence-electron chi connectivity index (χ1n) is 7.28. The van der Waals surface area contributed by atoms with Crippen molar-refractivity contribution in [2.24, 2.45) is 5.10 Å². The molecule has 1 amide bonds. The van der Waals surface area contributed by atoms with Gasteiger partial charge < -0.3 is 19.0 Å². The Balaban J connectivity index is 2.24. The summed E-state index contributed by atoms with van der Waals surface area (Å²) in [7, 11) is 2.95. The Morgan fingerprint density at radius 2 is 1.88 bits per heavy atom. The Morgan fingerprint density at radius 3 is 2.48 bits per heavy atom. The zero-order chi connectivity index (χ0) is 18.6. The number of methoxy groups -OCH3 is 2. The summed E-state index contributed by atoms with van der Waals surface area (Å²) in [5.74, 6) is 0.369. The molecule has 0 aliphatic heterocycles. The number of nitrogens with zero attached hydrogens (tertiary/aromatic N) is 1. The monoisotopic (exact) mass is 346 g/mol. The predicted molar refractivity (Wildman–Crippen MR) is 90.6 cm³/mol. The van der Waals surface area contributed by atoms with Crippen LogP contribution in [0.15, 0.2) is 38.6 Å². The number of benzene rings is 1. The Bertz CT molecular complexity index is 885. The van der Waals surface area contributed by atoms with E-state index in [1.165, 1.54) is 40.2 Å². The number of amides is 1. The van der Waals surface area contributed by atoms with Crippen LogP contribution in [0.2, 0.25) is 0 Å². The minimum Gasteiger partial charge on any atom is -0.507 e. The lowest BCUT2D eigenvalue weighted by Crippen LogP contribution is -2.21. The van der Waals surface area contributed by atoms with E-state index in [0.29, 0.717) is 11.5 Å². The highest BCUT2D eigenvalue weighted by molar-refractivity contribution is 6.02. The van der Waals surface area contributed by atoms with Gasteiger partial charge >= 0.3 is 5.63 Å². The normalized spacial score (nSPS) is 11.1. The van der Waals surface area contributed by atoms with Crippen LogP contribution in [-0.2, 0) is 0 Å². The van der Waals surface area contributed by atoms with Crippen LogP contribution in [-0.4, -0.2) is 30.9 Å². The number of aromatic hydroxyl groups is 1. The molecule has 0 spiro atoms. The number of nitrogens with one attached hydrogen (secondary N) is 1. The Morgan fingerprint density at radius 1 is 1.20 bits per heavy atom. The van der Waals surface area contributed by atoms with Crippen molar-refractivity contribution in [3.05, 3.63) is 51.6 Å². The van der Waals surface area contributed by atoms with E-state index >= 15 is 0 Å². The first-order valence-corrected chi connectivity index (χ1v) is 7.28. The first-order chi connectivity index (χ1) is 11.9. The molecule has 25 heavy (non-hydrogen) atoms. The van der Waals surface area contributed by atoms with E-state index in [1.807, 2.05) is 0 Å². The van der Waals surface area contributed by atoms with Crippen molar-refractivity contribution in [2.45, 2.75) is 13.8 Å². The molecule has 8 heteroatoms. The van der Waals surface area contributed by atoms with Gasteiger partial charge in [0.25, 0.3) is 5.91 Å². The van der Waals surface area contributed by atoms with Gasteiger partial charge in [-0.25, -0.2) is 10.2 Å². The molecular weight excluding hydrogens is 328 g/mol. The summed E-state index contributed by atoms with van der Waals surface area (Å²) >= 11 is 0. The molecule has 1 aromatic carbocycles. The molecule has 1 aromatic heterocycles. The molecule has 0 fully saturated rings. The summed E-state index contributed by atoms with van der Waals surface area (Å²) in [5.41, 5.74) is 1.86. The minimum absolute atomic E-state index is 0.111. The zero-order valence-corrected chi connectivity index (χ0v) is 14.2. The maximum Gasteiger partial charge on any atom is 0.348 e. The van der Waals surface area contributed by atoms with Crippen LogP contribution < -0.4 is 20.5 Å². The molecular formula is C17H18N2O6. The number of aryl methyl sites for hydroxylation is 1. The molecule has 0 bridgehead atoms. The van der Waals surface area contributed by atoms with Crippen molar-refractivity contribution in [1.29, 1.82) is 0 Å². The molecule has 0 aliphatic rings. The number of carbonyl (C=O) groups is 1. The molecule has 0 radical (unpaired) electrons. The van der Waals surface area contributed by atoms with Gasteiger partial charge in [-0.05, 0) is 32.0 Å². The molecule has 0 atom stereocenters. The van der Waals surface area contributed by atoms with Crippen LogP contribution >= 0.6 is 0 Å². The maximum absolute atomic E-state index is 12.2. The highest BCUT2D eigenvalue weighted by Crippen LogP contribution is 2.27. The lowest BCUT2D eigenvalue weighted by atomic mass is 10.2. The van der Waals surface area contributed by atoms with Crippen LogP contribution in [0, 0.1) is 6.92 Å². The standard InChI is InChI=1S/C17H18N2O6/c1-9-7-12(20)15(17(22)25-9)10(2)18-19-16(21)11-5-6-13(23-3)14(8-11)24-4/h5-8,20H,1-4H3,(H,19,21)/b18-10-. The molecule has 0 saturated heterocycles. The van der Waals surface area contributed by atoms with Gasteiger partial charge in [0, 0.05) is 11.6 Å². The Hall–Kier alpha value is -3.29. The van der Waals surface area contributed by atoms with Gasteiger partial charge in [0.1, 0.15) is 17.1 Å². The van der Waals surface area contributed by atoms with E-state index in [-0.39, 0.29) is 28.3 Å². The molecule has 0 saturated carbocycles. The Labute approximate surface area is 143 Å². The van der Waals surface area contributed by atoms with E-state index in [0.717, 1.165) is 0 Å². The van der Waals surface area contributed by atoms with E-state index < -0.39 is 11.5 Å². The largest absolute Gasteiger partial charge is 0.507 e. The maximum atomic E-state index is 12.2. The lowest BCUT2D eigenvalue weighted by Gasteiger charge is -2.09. The third-order valence-corrected chi connectivity index (χ3v) is 3.39. The Kier molecular flexibility index (Phi) is 5.43. The molecule has 0 unspecified atom stereocenters. The summed E-state index contributed by atoms with van der Waals surface area (Å²) in [6.07, 6.45) is 0.